The van der Waals surface area contributed by atoms with Crippen LogP contribution >= 0.6 is 27.5 Å². The summed E-state index contributed by atoms with van der Waals surface area (Å²) in [6.45, 7) is 1.95. The summed E-state index contributed by atoms with van der Waals surface area (Å²) in [5.74, 6) is 0. The second-order valence-electron chi connectivity index (χ2n) is 3.44. The number of nitriles is 1. The van der Waals surface area contributed by atoms with E-state index in [1.165, 1.54) is 0 Å². The summed E-state index contributed by atoms with van der Waals surface area (Å²) in [5, 5.41) is 13.8. The zero-order chi connectivity index (χ0) is 12.4. The Bertz CT molecular complexity index is 598. The lowest BCUT2D eigenvalue weighted by Gasteiger charge is -2.04. The number of hydrogen-bond donors (Lipinski definition) is 0. The van der Waals surface area contributed by atoms with Gasteiger partial charge in [-0.25, -0.2) is 4.68 Å². The van der Waals surface area contributed by atoms with E-state index in [9.17, 15) is 0 Å². The Morgan fingerprint density at radius 3 is 2.71 bits per heavy atom. The molecule has 0 fully saturated rings. The Morgan fingerprint density at radius 1 is 1.47 bits per heavy atom. The first-order chi connectivity index (χ1) is 8.19. The topological polar surface area (TPSA) is 41.6 Å². The second kappa shape index (κ2) is 4.91. The lowest BCUT2D eigenvalue weighted by Crippen LogP contribution is -1.98. The molecule has 1 heterocycles. The van der Waals surface area contributed by atoms with Gasteiger partial charge in [-0.2, -0.15) is 10.4 Å². The molecule has 1 aromatic carbocycles. The largest absolute Gasteiger partial charge is 0.219 e. The van der Waals surface area contributed by atoms with E-state index in [-0.39, 0.29) is 0 Å². The van der Waals surface area contributed by atoms with E-state index in [0.717, 1.165) is 10.2 Å². The van der Waals surface area contributed by atoms with Gasteiger partial charge in [0.2, 0.25) is 0 Å². The minimum Gasteiger partial charge on any atom is -0.219 e. The molecule has 0 unspecified atom stereocenters. The predicted octanol–water partition coefficient (Wildman–Crippen LogP) is 3.72. The van der Waals surface area contributed by atoms with Crippen LogP contribution in [-0.4, -0.2) is 9.78 Å². The van der Waals surface area contributed by atoms with Crippen LogP contribution in [0, 0.1) is 11.3 Å². The van der Waals surface area contributed by atoms with E-state index in [1.807, 2.05) is 31.2 Å². The number of hydrogen-bond acceptors (Lipinski definition) is 2. The third-order valence-electron chi connectivity index (χ3n) is 2.43. The lowest BCUT2D eigenvalue weighted by atomic mass is 10.2. The highest BCUT2D eigenvalue weighted by Crippen LogP contribution is 2.27. The number of aromatic nitrogens is 2. The van der Waals surface area contributed by atoms with Gasteiger partial charge in [0.25, 0.3) is 0 Å². The van der Waals surface area contributed by atoms with Crippen LogP contribution in [0.15, 0.2) is 28.7 Å². The standard InChI is InChI=1S/C12H9BrClN3/c1-2-10-8(7-15)12(14)17(16-10)11-6-4-3-5-9(11)13/h3-6H,2H2,1H3. The molecular formula is C12H9BrClN3. The minimum atomic E-state index is 0.358. The average Bonchev–Trinajstić information content (AvgIpc) is 2.66. The van der Waals surface area contributed by atoms with Crippen molar-refractivity contribution in [3.05, 3.63) is 45.1 Å². The molecule has 0 N–H and O–H groups in total. The van der Waals surface area contributed by atoms with Crippen molar-refractivity contribution in [1.82, 2.24) is 9.78 Å². The van der Waals surface area contributed by atoms with Crippen LogP contribution in [0.5, 0.6) is 0 Å². The summed E-state index contributed by atoms with van der Waals surface area (Å²) < 4.78 is 2.47. The summed E-state index contributed by atoms with van der Waals surface area (Å²) in [6.07, 6.45) is 0.681. The Balaban J connectivity index is 2.66. The van der Waals surface area contributed by atoms with Crippen LogP contribution in [-0.2, 0) is 6.42 Å². The molecule has 1 aromatic heterocycles. The van der Waals surface area contributed by atoms with Crippen molar-refractivity contribution in [1.29, 1.82) is 5.26 Å². The third kappa shape index (κ3) is 2.08. The minimum absolute atomic E-state index is 0.358. The van der Waals surface area contributed by atoms with Gasteiger partial charge >= 0.3 is 0 Å². The van der Waals surface area contributed by atoms with E-state index in [0.29, 0.717) is 22.8 Å². The van der Waals surface area contributed by atoms with Gasteiger partial charge in [-0.05, 0) is 34.5 Å². The maximum atomic E-state index is 9.06. The normalized spacial score (nSPS) is 10.2. The van der Waals surface area contributed by atoms with E-state index in [4.69, 9.17) is 16.9 Å². The highest BCUT2D eigenvalue weighted by Gasteiger charge is 2.16. The fourth-order valence-electron chi connectivity index (χ4n) is 1.58. The molecule has 2 rings (SSSR count). The monoisotopic (exact) mass is 309 g/mol. The number of benzene rings is 1. The zero-order valence-electron chi connectivity index (χ0n) is 9.11. The molecule has 0 atom stereocenters. The van der Waals surface area contributed by atoms with Gasteiger partial charge in [0.1, 0.15) is 11.6 Å². The van der Waals surface area contributed by atoms with Crippen LogP contribution < -0.4 is 0 Å². The van der Waals surface area contributed by atoms with Crippen LogP contribution in [0.25, 0.3) is 5.69 Å². The first-order valence-corrected chi connectivity index (χ1v) is 6.28. The van der Waals surface area contributed by atoms with Gasteiger partial charge in [-0.3, -0.25) is 0 Å². The van der Waals surface area contributed by atoms with Gasteiger partial charge in [-0.1, -0.05) is 30.7 Å². The first-order valence-electron chi connectivity index (χ1n) is 5.11. The molecular weight excluding hydrogens is 302 g/mol. The Hall–Kier alpha value is -1.31. The lowest BCUT2D eigenvalue weighted by molar-refractivity contribution is 0.838. The summed E-state index contributed by atoms with van der Waals surface area (Å²) in [7, 11) is 0. The number of aryl methyl sites for hydroxylation is 1. The predicted molar refractivity (Wildman–Crippen MR) is 70.4 cm³/mol. The highest BCUT2D eigenvalue weighted by atomic mass is 79.9. The second-order valence-corrected chi connectivity index (χ2v) is 4.65. The maximum Gasteiger partial charge on any atom is 0.150 e. The highest BCUT2D eigenvalue weighted by molar-refractivity contribution is 9.10. The van der Waals surface area contributed by atoms with Crippen LogP contribution in [0.1, 0.15) is 18.2 Å². The van der Waals surface area contributed by atoms with Gasteiger partial charge in [0.15, 0.2) is 5.15 Å². The van der Waals surface area contributed by atoms with Crippen molar-refractivity contribution in [2.24, 2.45) is 0 Å². The molecule has 0 aliphatic heterocycles. The van der Waals surface area contributed by atoms with Crippen molar-refractivity contribution in [3.63, 3.8) is 0 Å². The van der Waals surface area contributed by atoms with E-state index >= 15 is 0 Å². The molecule has 0 aliphatic carbocycles. The molecule has 5 heteroatoms. The van der Waals surface area contributed by atoms with E-state index < -0.39 is 0 Å². The summed E-state index contributed by atoms with van der Waals surface area (Å²) in [5.41, 5.74) is 1.99. The summed E-state index contributed by atoms with van der Waals surface area (Å²) in [6, 6.07) is 9.71. The SMILES string of the molecule is CCc1nn(-c2ccccc2Br)c(Cl)c1C#N. The van der Waals surface area contributed by atoms with Crippen LogP contribution in [0.3, 0.4) is 0 Å². The summed E-state index contributed by atoms with van der Waals surface area (Å²) >= 11 is 9.61. The molecule has 86 valence electrons. The quantitative estimate of drug-likeness (QED) is 0.848. The average molecular weight is 311 g/mol. The maximum absolute atomic E-state index is 9.06. The van der Waals surface area contributed by atoms with Gasteiger partial charge in [0, 0.05) is 4.47 Å². The van der Waals surface area contributed by atoms with Gasteiger partial charge in [-0.15, -0.1) is 0 Å². The smallest absolute Gasteiger partial charge is 0.150 e. The Labute approximate surface area is 113 Å². The molecule has 0 amide bonds. The Kier molecular flexibility index (Phi) is 3.51. The Morgan fingerprint density at radius 2 is 2.18 bits per heavy atom. The summed E-state index contributed by atoms with van der Waals surface area (Å²) in [4.78, 5) is 0. The van der Waals surface area contributed by atoms with Crippen LogP contribution in [0.2, 0.25) is 5.15 Å². The molecule has 0 saturated heterocycles. The zero-order valence-corrected chi connectivity index (χ0v) is 11.5. The number of halogens is 2. The van der Waals surface area contributed by atoms with Crippen molar-refractivity contribution >= 4 is 27.5 Å². The molecule has 0 spiro atoms. The van der Waals surface area contributed by atoms with E-state index in [1.54, 1.807) is 4.68 Å². The van der Waals surface area contributed by atoms with Crippen molar-refractivity contribution in [2.45, 2.75) is 13.3 Å². The molecule has 0 saturated carbocycles. The molecule has 0 aliphatic rings. The fourth-order valence-corrected chi connectivity index (χ4v) is 2.31. The molecule has 17 heavy (non-hydrogen) atoms. The first kappa shape index (κ1) is 12.2. The number of para-hydroxylation sites is 1. The third-order valence-corrected chi connectivity index (χ3v) is 3.45. The number of nitrogens with zero attached hydrogens (tertiary/aromatic N) is 3. The van der Waals surface area contributed by atoms with Crippen LogP contribution in [0.4, 0.5) is 0 Å². The molecule has 0 bridgehead atoms. The van der Waals surface area contributed by atoms with Gasteiger partial charge < -0.3 is 0 Å². The van der Waals surface area contributed by atoms with Crippen molar-refractivity contribution in [3.8, 4) is 11.8 Å². The number of rotatable bonds is 2. The fraction of sp³-hybridized carbons (Fsp3) is 0.167. The van der Waals surface area contributed by atoms with E-state index in [2.05, 4.69) is 27.1 Å². The van der Waals surface area contributed by atoms with Gasteiger partial charge in [0.05, 0.1) is 11.4 Å². The molecule has 2 aromatic rings. The molecule has 0 radical (unpaired) electrons. The van der Waals surface area contributed by atoms with Crippen molar-refractivity contribution in [2.75, 3.05) is 0 Å². The van der Waals surface area contributed by atoms with Crippen molar-refractivity contribution < 1.29 is 0 Å². The molecule has 3 nitrogen and oxygen atoms in total.